The van der Waals surface area contributed by atoms with Crippen LogP contribution in [0.25, 0.3) is 10.9 Å². The zero-order valence-corrected chi connectivity index (χ0v) is 21.8. The van der Waals surface area contributed by atoms with Crippen molar-refractivity contribution in [2.45, 2.75) is 57.9 Å². The molecular formula is C30H38N4O2. The Hall–Kier alpha value is -2.83. The van der Waals surface area contributed by atoms with Crippen molar-refractivity contribution in [1.82, 2.24) is 9.88 Å². The van der Waals surface area contributed by atoms with Crippen LogP contribution in [-0.2, 0) is 16.6 Å². The molecule has 6 heteroatoms. The van der Waals surface area contributed by atoms with Crippen molar-refractivity contribution in [3.05, 3.63) is 58.3 Å². The van der Waals surface area contributed by atoms with E-state index in [0.29, 0.717) is 11.7 Å². The number of fused-ring (bicyclic) bond motifs is 4. The number of anilines is 2. The van der Waals surface area contributed by atoms with Gasteiger partial charge in [0.05, 0.1) is 18.8 Å². The maximum atomic E-state index is 13.9. The molecule has 2 saturated heterocycles. The van der Waals surface area contributed by atoms with Crippen LogP contribution in [0, 0.1) is 0 Å². The molecule has 0 amide bonds. The fourth-order valence-corrected chi connectivity index (χ4v) is 6.71. The van der Waals surface area contributed by atoms with Crippen LogP contribution >= 0.6 is 0 Å². The summed E-state index contributed by atoms with van der Waals surface area (Å²) in [5.41, 5.74) is 13.8. The SMILES string of the molecule is CCCc1cc2c(cc1N1CCC(N3CCOCC3)CC1)C(C)(C)c1[nH]c3cc(N)ccc3c1C2=O. The van der Waals surface area contributed by atoms with E-state index in [9.17, 15) is 4.79 Å². The number of nitrogens with two attached hydrogens (primary N) is 1. The van der Waals surface area contributed by atoms with Crippen molar-refractivity contribution in [3.63, 3.8) is 0 Å². The van der Waals surface area contributed by atoms with Crippen LogP contribution in [0.2, 0.25) is 0 Å². The molecule has 3 heterocycles. The lowest BCUT2D eigenvalue weighted by Gasteiger charge is -2.42. The summed E-state index contributed by atoms with van der Waals surface area (Å²) >= 11 is 0. The molecule has 0 spiro atoms. The van der Waals surface area contributed by atoms with Gasteiger partial charge in [0.2, 0.25) is 0 Å². The lowest BCUT2D eigenvalue weighted by Crippen LogP contribution is -2.49. The molecule has 2 fully saturated rings. The number of ketones is 1. The van der Waals surface area contributed by atoms with Crippen LogP contribution in [0.3, 0.4) is 0 Å². The van der Waals surface area contributed by atoms with Gasteiger partial charge in [-0.1, -0.05) is 33.3 Å². The van der Waals surface area contributed by atoms with Crippen LogP contribution in [0.4, 0.5) is 11.4 Å². The average molecular weight is 487 g/mol. The number of hydrogen-bond donors (Lipinski definition) is 2. The van der Waals surface area contributed by atoms with Gasteiger partial charge in [0.1, 0.15) is 0 Å². The minimum absolute atomic E-state index is 0.130. The summed E-state index contributed by atoms with van der Waals surface area (Å²) in [6.45, 7) is 12.6. The number of rotatable bonds is 4. The summed E-state index contributed by atoms with van der Waals surface area (Å²) in [7, 11) is 0. The number of carbonyl (C=O) groups excluding carboxylic acids is 1. The van der Waals surface area contributed by atoms with Gasteiger partial charge in [-0.15, -0.1) is 0 Å². The van der Waals surface area contributed by atoms with Crippen LogP contribution in [0.5, 0.6) is 0 Å². The lowest BCUT2D eigenvalue weighted by molar-refractivity contribution is 0.0115. The highest BCUT2D eigenvalue weighted by atomic mass is 16.5. The normalized spacial score (nSPS) is 20.5. The Morgan fingerprint density at radius 1 is 1.08 bits per heavy atom. The molecule has 0 bridgehead atoms. The third kappa shape index (κ3) is 3.73. The molecule has 3 N–H and O–H groups in total. The Morgan fingerprint density at radius 2 is 1.83 bits per heavy atom. The molecule has 6 rings (SSSR count). The molecule has 1 aliphatic carbocycles. The minimum Gasteiger partial charge on any atom is -0.399 e. The smallest absolute Gasteiger partial charge is 0.195 e. The van der Waals surface area contributed by atoms with Crippen LogP contribution in [-0.4, -0.2) is 61.1 Å². The molecule has 36 heavy (non-hydrogen) atoms. The van der Waals surface area contributed by atoms with Gasteiger partial charge in [-0.05, 0) is 54.7 Å². The Kier molecular flexibility index (Phi) is 5.84. The van der Waals surface area contributed by atoms with Crippen molar-refractivity contribution in [2.24, 2.45) is 0 Å². The van der Waals surface area contributed by atoms with E-state index in [1.165, 1.54) is 24.1 Å². The molecule has 190 valence electrons. The first-order valence-electron chi connectivity index (χ1n) is 13.6. The van der Waals surface area contributed by atoms with Crippen LogP contribution in [0.15, 0.2) is 30.3 Å². The minimum atomic E-state index is -0.308. The predicted molar refractivity (Wildman–Crippen MR) is 146 cm³/mol. The Bertz CT molecular complexity index is 1310. The third-order valence-electron chi connectivity index (χ3n) is 8.70. The number of aromatic amines is 1. The van der Waals surface area contributed by atoms with E-state index in [-0.39, 0.29) is 11.2 Å². The van der Waals surface area contributed by atoms with Gasteiger partial charge < -0.3 is 20.4 Å². The highest BCUT2D eigenvalue weighted by Gasteiger charge is 2.40. The first-order chi connectivity index (χ1) is 17.4. The zero-order valence-electron chi connectivity index (χ0n) is 21.8. The van der Waals surface area contributed by atoms with E-state index in [1.807, 2.05) is 18.2 Å². The molecule has 0 unspecified atom stereocenters. The van der Waals surface area contributed by atoms with Gasteiger partial charge >= 0.3 is 0 Å². The van der Waals surface area contributed by atoms with Gasteiger partial charge in [-0.3, -0.25) is 9.69 Å². The van der Waals surface area contributed by atoms with Crippen molar-refractivity contribution in [1.29, 1.82) is 0 Å². The van der Waals surface area contributed by atoms with E-state index >= 15 is 0 Å². The van der Waals surface area contributed by atoms with Crippen LogP contribution < -0.4 is 10.6 Å². The highest BCUT2D eigenvalue weighted by Crippen LogP contribution is 2.46. The Morgan fingerprint density at radius 3 is 2.56 bits per heavy atom. The summed E-state index contributed by atoms with van der Waals surface area (Å²) in [5.74, 6) is 0.130. The number of ether oxygens (including phenoxy) is 1. The largest absolute Gasteiger partial charge is 0.399 e. The van der Waals surface area contributed by atoms with Gasteiger partial charge in [0.15, 0.2) is 5.78 Å². The summed E-state index contributed by atoms with van der Waals surface area (Å²) in [6, 6.07) is 11.0. The fraction of sp³-hybridized carbons (Fsp3) is 0.500. The quantitative estimate of drug-likeness (QED) is 0.515. The first-order valence-corrected chi connectivity index (χ1v) is 13.6. The number of piperidine rings is 1. The predicted octanol–water partition coefficient (Wildman–Crippen LogP) is 4.87. The fourth-order valence-electron chi connectivity index (χ4n) is 6.71. The van der Waals surface area contributed by atoms with Crippen LogP contribution in [0.1, 0.15) is 72.8 Å². The molecule has 0 radical (unpaired) electrons. The number of nitrogens with zero attached hydrogens (tertiary/aromatic N) is 2. The topological polar surface area (TPSA) is 74.6 Å². The lowest BCUT2D eigenvalue weighted by atomic mass is 9.70. The summed E-state index contributed by atoms with van der Waals surface area (Å²) in [4.78, 5) is 22.7. The highest BCUT2D eigenvalue weighted by molar-refractivity contribution is 6.20. The number of nitrogens with one attached hydrogen (secondary N) is 1. The molecule has 2 aromatic carbocycles. The number of hydrogen-bond acceptors (Lipinski definition) is 5. The summed E-state index contributed by atoms with van der Waals surface area (Å²) in [6.07, 6.45) is 4.40. The number of carbonyl (C=O) groups is 1. The summed E-state index contributed by atoms with van der Waals surface area (Å²) < 4.78 is 5.57. The molecule has 6 nitrogen and oxygen atoms in total. The summed E-state index contributed by atoms with van der Waals surface area (Å²) in [5, 5.41) is 0.967. The van der Waals surface area contributed by atoms with Gasteiger partial charge in [-0.2, -0.15) is 0 Å². The van der Waals surface area contributed by atoms with Crippen molar-refractivity contribution >= 4 is 28.1 Å². The number of H-pyrrole nitrogens is 1. The maximum absolute atomic E-state index is 13.9. The molecule has 2 aliphatic heterocycles. The Labute approximate surface area is 213 Å². The van der Waals surface area contributed by atoms with E-state index < -0.39 is 0 Å². The standard InChI is InChI=1S/C30H38N4O2/c1-4-5-19-16-23-24(18-26(19)34-10-8-21(9-11-34)33-12-14-36-15-13-33)30(2,3)29-27(28(23)35)22-7-6-20(31)17-25(22)32-29/h6-7,16-18,21,32H,4-5,8-15,31H2,1-3H3. The van der Waals surface area contributed by atoms with Gasteiger partial charge in [0, 0.05) is 71.2 Å². The Balaban J connectivity index is 1.38. The number of morpholine rings is 1. The first kappa shape index (κ1) is 23.6. The van der Waals surface area contributed by atoms with Crippen molar-refractivity contribution in [3.8, 4) is 0 Å². The van der Waals surface area contributed by atoms with Crippen molar-refractivity contribution in [2.75, 3.05) is 50.0 Å². The number of aryl methyl sites for hydroxylation is 1. The van der Waals surface area contributed by atoms with E-state index in [4.69, 9.17) is 10.5 Å². The van der Waals surface area contributed by atoms with E-state index in [2.05, 4.69) is 47.7 Å². The van der Waals surface area contributed by atoms with Crippen molar-refractivity contribution < 1.29 is 9.53 Å². The number of nitrogen functional groups attached to an aromatic ring is 1. The number of aromatic nitrogens is 1. The third-order valence-corrected chi connectivity index (χ3v) is 8.70. The molecule has 0 atom stereocenters. The maximum Gasteiger partial charge on any atom is 0.195 e. The molecule has 1 aromatic heterocycles. The molecule has 3 aliphatic rings. The second kappa shape index (κ2) is 8.93. The second-order valence-electron chi connectivity index (χ2n) is 11.3. The monoisotopic (exact) mass is 486 g/mol. The molecular weight excluding hydrogens is 448 g/mol. The number of benzene rings is 2. The van der Waals surface area contributed by atoms with E-state index in [1.54, 1.807) is 0 Å². The van der Waals surface area contributed by atoms with E-state index in [0.717, 1.165) is 85.5 Å². The molecule has 3 aromatic rings. The van der Waals surface area contributed by atoms with Gasteiger partial charge in [-0.25, -0.2) is 0 Å². The molecule has 0 saturated carbocycles. The average Bonchev–Trinajstić information content (AvgIpc) is 3.28. The van der Waals surface area contributed by atoms with Gasteiger partial charge in [0.25, 0.3) is 0 Å². The second-order valence-corrected chi connectivity index (χ2v) is 11.3. The zero-order chi connectivity index (χ0) is 25.0.